The Hall–Kier alpha value is -1.65. The van der Waals surface area contributed by atoms with E-state index in [1.165, 1.54) is 12.1 Å². The van der Waals surface area contributed by atoms with Gasteiger partial charge in [0.1, 0.15) is 10.3 Å². The van der Waals surface area contributed by atoms with Gasteiger partial charge in [-0.15, -0.1) is 0 Å². The van der Waals surface area contributed by atoms with Crippen LogP contribution in [0.4, 0.5) is 0 Å². The number of nitrogens with one attached hydrogen (secondary N) is 1. The Morgan fingerprint density at radius 2 is 1.89 bits per heavy atom. The van der Waals surface area contributed by atoms with Gasteiger partial charge in [0, 0.05) is 11.3 Å². The molecular weight excluding hydrogens is 285 g/mol. The number of halogens is 2. The minimum Gasteiger partial charge on any atom is -0.346 e. The zero-order valence-electron chi connectivity index (χ0n) is 10.2. The Labute approximate surface area is 120 Å². The lowest BCUT2D eigenvalue weighted by Crippen LogP contribution is -2.23. The minimum absolute atomic E-state index is 0.186. The molecule has 2 rings (SSSR count). The number of hydrogen-bond donors (Lipinski definition) is 1. The summed E-state index contributed by atoms with van der Waals surface area (Å²) >= 11 is 11.5. The van der Waals surface area contributed by atoms with Crippen molar-refractivity contribution in [3.8, 4) is 0 Å². The molecule has 2 heterocycles. The molecule has 0 fully saturated rings. The predicted molar refractivity (Wildman–Crippen MR) is 74.4 cm³/mol. The van der Waals surface area contributed by atoms with Gasteiger partial charge in [-0.2, -0.15) is 0 Å². The molecule has 0 bridgehead atoms. The third-order valence-corrected chi connectivity index (χ3v) is 2.79. The highest BCUT2D eigenvalue weighted by atomic mass is 35.5. The first-order chi connectivity index (χ1) is 9.04. The molecule has 2 aromatic rings. The SMILES string of the molecule is Cc1cccc(CNC(=O)c2cc(Cl)nc(Cl)c2)n1. The molecule has 0 aliphatic heterocycles. The molecule has 6 heteroatoms. The van der Waals surface area contributed by atoms with Crippen molar-refractivity contribution in [3.05, 3.63) is 57.6 Å². The summed E-state index contributed by atoms with van der Waals surface area (Å²) in [4.78, 5) is 20.0. The third-order valence-electron chi connectivity index (χ3n) is 2.40. The van der Waals surface area contributed by atoms with Crippen LogP contribution in [0.1, 0.15) is 21.7 Å². The molecule has 0 saturated carbocycles. The second kappa shape index (κ2) is 5.99. The molecule has 98 valence electrons. The van der Waals surface area contributed by atoms with E-state index in [9.17, 15) is 4.79 Å². The molecule has 0 atom stereocenters. The number of carbonyl (C=O) groups excluding carboxylic acids is 1. The molecular formula is C13H11Cl2N3O. The summed E-state index contributed by atoms with van der Waals surface area (Å²) in [5.74, 6) is -0.269. The Morgan fingerprint density at radius 3 is 2.53 bits per heavy atom. The van der Waals surface area contributed by atoms with E-state index >= 15 is 0 Å². The number of nitrogens with zero attached hydrogens (tertiary/aromatic N) is 2. The van der Waals surface area contributed by atoms with E-state index in [2.05, 4.69) is 15.3 Å². The lowest BCUT2D eigenvalue weighted by molar-refractivity contribution is 0.0950. The molecule has 1 amide bonds. The van der Waals surface area contributed by atoms with Crippen LogP contribution in [0.15, 0.2) is 30.3 Å². The Balaban J connectivity index is 2.05. The Bertz CT molecular complexity index is 596. The number of aryl methyl sites for hydroxylation is 1. The summed E-state index contributed by atoms with van der Waals surface area (Å²) in [5, 5.41) is 3.12. The van der Waals surface area contributed by atoms with Crippen molar-refractivity contribution in [1.29, 1.82) is 0 Å². The van der Waals surface area contributed by atoms with Gasteiger partial charge >= 0.3 is 0 Å². The van der Waals surface area contributed by atoms with Crippen molar-refractivity contribution in [2.45, 2.75) is 13.5 Å². The van der Waals surface area contributed by atoms with Crippen LogP contribution in [0.3, 0.4) is 0 Å². The van der Waals surface area contributed by atoms with Crippen LogP contribution in [-0.4, -0.2) is 15.9 Å². The van der Waals surface area contributed by atoms with E-state index in [0.717, 1.165) is 11.4 Å². The molecule has 0 radical (unpaired) electrons. The standard InChI is InChI=1S/C13H11Cl2N3O/c1-8-3-2-4-10(17-8)7-16-13(19)9-5-11(14)18-12(15)6-9/h2-6H,7H2,1H3,(H,16,19). The number of amides is 1. The summed E-state index contributed by atoms with van der Waals surface area (Å²) in [7, 11) is 0. The smallest absolute Gasteiger partial charge is 0.251 e. The normalized spacial score (nSPS) is 10.3. The largest absolute Gasteiger partial charge is 0.346 e. The molecule has 4 nitrogen and oxygen atoms in total. The van der Waals surface area contributed by atoms with Gasteiger partial charge in [-0.1, -0.05) is 29.3 Å². The monoisotopic (exact) mass is 295 g/mol. The number of hydrogen-bond acceptors (Lipinski definition) is 3. The fourth-order valence-electron chi connectivity index (χ4n) is 1.57. The zero-order chi connectivity index (χ0) is 13.8. The first kappa shape index (κ1) is 13.8. The van der Waals surface area contributed by atoms with Crippen LogP contribution in [0, 0.1) is 6.92 Å². The molecule has 0 aliphatic carbocycles. The summed E-state index contributed by atoms with van der Waals surface area (Å²) in [6.07, 6.45) is 0. The highest BCUT2D eigenvalue weighted by Crippen LogP contribution is 2.14. The van der Waals surface area contributed by atoms with Gasteiger partial charge in [0.05, 0.1) is 12.2 Å². The Morgan fingerprint density at radius 1 is 1.21 bits per heavy atom. The predicted octanol–water partition coefficient (Wildman–Crippen LogP) is 3.02. The highest BCUT2D eigenvalue weighted by molar-refractivity contribution is 6.33. The summed E-state index contributed by atoms with van der Waals surface area (Å²) in [6, 6.07) is 8.57. The van der Waals surface area contributed by atoms with Crippen molar-refractivity contribution < 1.29 is 4.79 Å². The number of carbonyl (C=O) groups is 1. The lowest BCUT2D eigenvalue weighted by atomic mass is 10.2. The van der Waals surface area contributed by atoms with Crippen LogP contribution in [-0.2, 0) is 6.54 Å². The lowest BCUT2D eigenvalue weighted by Gasteiger charge is -2.06. The number of pyridine rings is 2. The molecule has 0 aromatic carbocycles. The van der Waals surface area contributed by atoms with Crippen molar-refractivity contribution >= 4 is 29.1 Å². The molecule has 0 aliphatic rings. The quantitative estimate of drug-likeness (QED) is 0.886. The maximum Gasteiger partial charge on any atom is 0.251 e. The van der Waals surface area contributed by atoms with Crippen molar-refractivity contribution in [1.82, 2.24) is 15.3 Å². The van der Waals surface area contributed by atoms with Crippen molar-refractivity contribution in [3.63, 3.8) is 0 Å². The van der Waals surface area contributed by atoms with E-state index in [4.69, 9.17) is 23.2 Å². The van der Waals surface area contributed by atoms with E-state index in [1.54, 1.807) is 0 Å². The third kappa shape index (κ3) is 3.91. The molecule has 2 aromatic heterocycles. The van der Waals surface area contributed by atoms with Gasteiger partial charge in [0.15, 0.2) is 0 Å². The molecule has 1 N–H and O–H groups in total. The molecule has 0 saturated heterocycles. The second-order valence-electron chi connectivity index (χ2n) is 3.95. The summed E-state index contributed by atoms with van der Waals surface area (Å²) in [5.41, 5.74) is 2.07. The average molecular weight is 296 g/mol. The summed E-state index contributed by atoms with van der Waals surface area (Å²) in [6.45, 7) is 2.24. The number of rotatable bonds is 3. The zero-order valence-corrected chi connectivity index (χ0v) is 11.7. The van der Waals surface area contributed by atoms with Crippen LogP contribution in [0.2, 0.25) is 10.3 Å². The van der Waals surface area contributed by atoms with Gasteiger partial charge in [0.25, 0.3) is 5.91 Å². The van der Waals surface area contributed by atoms with Gasteiger partial charge in [-0.05, 0) is 31.2 Å². The Kier molecular flexibility index (Phi) is 4.35. The molecule has 0 unspecified atom stereocenters. The van der Waals surface area contributed by atoms with Crippen LogP contribution in [0.5, 0.6) is 0 Å². The topological polar surface area (TPSA) is 54.9 Å². The molecule has 19 heavy (non-hydrogen) atoms. The van der Waals surface area contributed by atoms with E-state index in [1.807, 2.05) is 25.1 Å². The second-order valence-corrected chi connectivity index (χ2v) is 4.73. The minimum atomic E-state index is -0.269. The van der Waals surface area contributed by atoms with Crippen LogP contribution >= 0.6 is 23.2 Å². The maximum atomic E-state index is 11.9. The maximum absolute atomic E-state index is 11.9. The van der Waals surface area contributed by atoms with E-state index in [0.29, 0.717) is 12.1 Å². The van der Waals surface area contributed by atoms with Gasteiger partial charge in [-0.3, -0.25) is 9.78 Å². The van der Waals surface area contributed by atoms with Crippen LogP contribution in [0.25, 0.3) is 0 Å². The molecule has 0 spiro atoms. The van der Waals surface area contributed by atoms with E-state index < -0.39 is 0 Å². The fourth-order valence-corrected chi connectivity index (χ4v) is 2.03. The van der Waals surface area contributed by atoms with Crippen molar-refractivity contribution in [2.75, 3.05) is 0 Å². The number of aromatic nitrogens is 2. The first-order valence-corrected chi connectivity index (χ1v) is 6.34. The first-order valence-electron chi connectivity index (χ1n) is 5.58. The van der Waals surface area contributed by atoms with Gasteiger partial charge in [0.2, 0.25) is 0 Å². The van der Waals surface area contributed by atoms with Gasteiger partial charge < -0.3 is 5.32 Å². The van der Waals surface area contributed by atoms with Crippen LogP contribution < -0.4 is 5.32 Å². The fraction of sp³-hybridized carbons (Fsp3) is 0.154. The average Bonchev–Trinajstić information content (AvgIpc) is 2.35. The van der Waals surface area contributed by atoms with E-state index in [-0.39, 0.29) is 16.2 Å². The van der Waals surface area contributed by atoms with Gasteiger partial charge in [-0.25, -0.2) is 4.98 Å². The highest BCUT2D eigenvalue weighted by Gasteiger charge is 2.08. The summed E-state index contributed by atoms with van der Waals surface area (Å²) < 4.78 is 0. The van der Waals surface area contributed by atoms with Crippen molar-refractivity contribution in [2.24, 2.45) is 0 Å².